The fraction of sp³-hybridized carbons (Fsp3) is 0.750. The van der Waals surface area contributed by atoms with Gasteiger partial charge in [-0.25, -0.2) is 0 Å². The minimum Gasteiger partial charge on any atom is -0.480 e. The Morgan fingerprint density at radius 1 is 0.667 bits per heavy atom. The lowest BCUT2D eigenvalue weighted by Crippen LogP contribution is -2.57. The van der Waals surface area contributed by atoms with Gasteiger partial charge in [0.25, 0.3) is 0 Å². The third kappa shape index (κ3) is 12.7. The molecule has 0 unspecified atom stereocenters. The molecular weight excluding hydrogens is 434 g/mol. The highest BCUT2D eigenvalue weighted by molar-refractivity contribution is 5.94. The third-order valence-electron chi connectivity index (χ3n) is 4.85. The van der Waals surface area contributed by atoms with E-state index in [-0.39, 0.29) is 13.0 Å². The number of rotatable bonds is 17. The molecule has 0 radical (unpaired) electrons. The molecule has 0 aromatic rings. The lowest BCUT2D eigenvalue weighted by molar-refractivity contribution is -0.141. The molecule has 33 heavy (non-hydrogen) atoms. The largest absolute Gasteiger partial charge is 0.480 e. The first-order valence-corrected chi connectivity index (χ1v) is 11.1. The van der Waals surface area contributed by atoms with Gasteiger partial charge in [0.15, 0.2) is 0 Å². The molecule has 0 bridgehead atoms. The summed E-state index contributed by atoms with van der Waals surface area (Å²) in [5.74, 6) is -3.57. The molecule has 0 aliphatic rings. The molecule has 190 valence electrons. The zero-order chi connectivity index (χ0) is 25.4. The quantitative estimate of drug-likeness (QED) is 0.102. The smallest absolute Gasteiger partial charge is 0.325 e. The van der Waals surface area contributed by atoms with Gasteiger partial charge in [-0.1, -0.05) is 0 Å². The molecular formula is C20H39N7O6. The Labute approximate surface area is 193 Å². The van der Waals surface area contributed by atoms with Crippen molar-refractivity contribution in [2.75, 3.05) is 19.6 Å². The number of carboxylic acids is 1. The van der Waals surface area contributed by atoms with Crippen LogP contribution in [0.2, 0.25) is 0 Å². The van der Waals surface area contributed by atoms with E-state index in [0.717, 1.165) is 0 Å². The van der Waals surface area contributed by atoms with Crippen LogP contribution >= 0.6 is 0 Å². The van der Waals surface area contributed by atoms with Crippen molar-refractivity contribution in [3.05, 3.63) is 0 Å². The maximum atomic E-state index is 12.6. The van der Waals surface area contributed by atoms with Gasteiger partial charge >= 0.3 is 5.97 Å². The first-order valence-electron chi connectivity index (χ1n) is 11.1. The van der Waals surface area contributed by atoms with Gasteiger partial charge in [0.1, 0.15) is 24.2 Å². The highest BCUT2D eigenvalue weighted by atomic mass is 16.4. The molecule has 4 amide bonds. The van der Waals surface area contributed by atoms with Gasteiger partial charge in [-0.2, -0.15) is 0 Å². The fourth-order valence-corrected chi connectivity index (χ4v) is 2.83. The van der Waals surface area contributed by atoms with E-state index in [1.54, 1.807) is 0 Å². The van der Waals surface area contributed by atoms with Crippen molar-refractivity contribution in [1.29, 1.82) is 0 Å². The number of unbranched alkanes of at least 4 members (excludes halogenated alkanes) is 2. The number of carboxylic acid groups (broad SMARTS) is 1. The zero-order valence-corrected chi connectivity index (χ0v) is 19.4. The van der Waals surface area contributed by atoms with E-state index in [2.05, 4.69) is 21.3 Å². The summed E-state index contributed by atoms with van der Waals surface area (Å²) >= 11 is 0. The number of carbonyl (C=O) groups excluding carboxylic acids is 4. The van der Waals surface area contributed by atoms with E-state index in [1.165, 1.54) is 13.8 Å². The Bertz CT molecular complexity index is 661. The van der Waals surface area contributed by atoms with E-state index in [1.807, 2.05) is 0 Å². The molecule has 11 N–H and O–H groups in total. The summed E-state index contributed by atoms with van der Waals surface area (Å²) < 4.78 is 0. The van der Waals surface area contributed by atoms with Crippen LogP contribution in [0.15, 0.2) is 0 Å². The van der Waals surface area contributed by atoms with Crippen molar-refractivity contribution in [3.63, 3.8) is 0 Å². The predicted octanol–water partition coefficient (Wildman–Crippen LogP) is -2.73. The van der Waals surface area contributed by atoms with Crippen LogP contribution in [0, 0.1) is 0 Å². The Hall–Kier alpha value is -2.77. The minimum atomic E-state index is -1.21. The molecule has 0 aliphatic heterocycles. The number of hydrogen-bond acceptors (Lipinski definition) is 8. The van der Waals surface area contributed by atoms with E-state index in [9.17, 15) is 24.0 Å². The van der Waals surface area contributed by atoms with Gasteiger partial charge in [-0.05, 0) is 65.5 Å². The highest BCUT2D eigenvalue weighted by Crippen LogP contribution is 2.04. The van der Waals surface area contributed by atoms with Crippen molar-refractivity contribution in [1.82, 2.24) is 21.3 Å². The molecule has 13 heteroatoms. The number of carbonyl (C=O) groups is 5. The summed E-state index contributed by atoms with van der Waals surface area (Å²) in [7, 11) is 0. The van der Waals surface area contributed by atoms with E-state index in [0.29, 0.717) is 45.2 Å². The second-order valence-electron chi connectivity index (χ2n) is 7.75. The van der Waals surface area contributed by atoms with Crippen molar-refractivity contribution in [2.24, 2.45) is 17.2 Å². The molecule has 0 aliphatic carbocycles. The molecule has 0 fully saturated rings. The Kier molecular flexibility index (Phi) is 15.4. The lowest BCUT2D eigenvalue weighted by atomic mass is 10.1. The van der Waals surface area contributed by atoms with Gasteiger partial charge in [-0.3, -0.25) is 24.0 Å². The normalized spacial score (nSPS) is 14.3. The summed E-state index contributed by atoms with van der Waals surface area (Å²) in [5.41, 5.74) is 16.2. The maximum Gasteiger partial charge on any atom is 0.325 e. The highest BCUT2D eigenvalue weighted by Gasteiger charge is 2.28. The van der Waals surface area contributed by atoms with Crippen LogP contribution in [-0.2, 0) is 24.0 Å². The Balaban J connectivity index is 5.12. The van der Waals surface area contributed by atoms with E-state index >= 15 is 0 Å². The Morgan fingerprint density at radius 2 is 1.12 bits per heavy atom. The van der Waals surface area contributed by atoms with Crippen LogP contribution in [0.3, 0.4) is 0 Å². The first-order chi connectivity index (χ1) is 15.6. The van der Waals surface area contributed by atoms with Crippen molar-refractivity contribution in [3.8, 4) is 0 Å². The first kappa shape index (κ1) is 30.2. The van der Waals surface area contributed by atoms with Crippen LogP contribution in [0.1, 0.15) is 52.4 Å². The lowest BCUT2D eigenvalue weighted by Gasteiger charge is -2.24. The van der Waals surface area contributed by atoms with Gasteiger partial charge in [0.05, 0.1) is 6.54 Å². The molecule has 0 saturated heterocycles. The van der Waals surface area contributed by atoms with Crippen LogP contribution in [0.25, 0.3) is 0 Å². The second kappa shape index (κ2) is 16.8. The van der Waals surface area contributed by atoms with E-state index in [4.69, 9.17) is 22.3 Å². The predicted molar refractivity (Wildman–Crippen MR) is 122 cm³/mol. The van der Waals surface area contributed by atoms with Crippen LogP contribution in [-0.4, -0.2) is 78.5 Å². The standard InChI is InChI=1S/C20H39N7O6/c1-12(24-18(30)14(7-3-5-9-21)26-16(28)11-23)17(29)27-15(8-4-6-10-22)19(31)25-13(2)20(32)33/h12-15H,3-11,21-23H2,1-2H3,(H,24,30)(H,25,31)(H,26,28)(H,27,29)(H,32,33)/t12-,13-,14-,15-/m0/s1. The van der Waals surface area contributed by atoms with Crippen LogP contribution < -0.4 is 38.5 Å². The number of hydrogen-bond donors (Lipinski definition) is 8. The molecule has 13 nitrogen and oxygen atoms in total. The third-order valence-corrected chi connectivity index (χ3v) is 4.85. The summed E-state index contributed by atoms with van der Waals surface area (Å²) in [5, 5.41) is 18.9. The summed E-state index contributed by atoms with van der Waals surface area (Å²) in [4.78, 5) is 60.4. The molecule has 0 spiro atoms. The fourth-order valence-electron chi connectivity index (χ4n) is 2.83. The minimum absolute atomic E-state index is 0.246. The van der Waals surface area contributed by atoms with Crippen molar-refractivity contribution >= 4 is 29.6 Å². The van der Waals surface area contributed by atoms with Crippen LogP contribution in [0.5, 0.6) is 0 Å². The van der Waals surface area contributed by atoms with Gasteiger partial charge in [0.2, 0.25) is 23.6 Å². The van der Waals surface area contributed by atoms with Gasteiger partial charge in [0, 0.05) is 0 Å². The SMILES string of the molecule is C[C@H](NC(=O)[C@H](CCCCN)NC(=O)[C@H](C)NC(=O)[C@H](CCCCN)NC(=O)CN)C(=O)O. The summed E-state index contributed by atoms with van der Waals surface area (Å²) in [6.07, 6.45) is 2.96. The summed E-state index contributed by atoms with van der Waals surface area (Å²) in [6, 6.07) is -4.04. The molecule has 4 atom stereocenters. The number of amides is 4. The monoisotopic (exact) mass is 473 g/mol. The number of nitrogens with one attached hydrogen (secondary N) is 4. The van der Waals surface area contributed by atoms with Gasteiger partial charge < -0.3 is 43.6 Å². The molecule has 0 rings (SSSR count). The summed E-state index contributed by atoms with van der Waals surface area (Å²) in [6.45, 7) is 3.30. The zero-order valence-electron chi connectivity index (χ0n) is 19.4. The van der Waals surface area contributed by atoms with Crippen LogP contribution in [0.4, 0.5) is 0 Å². The average Bonchev–Trinajstić information content (AvgIpc) is 2.77. The van der Waals surface area contributed by atoms with Crippen molar-refractivity contribution < 1.29 is 29.1 Å². The maximum absolute atomic E-state index is 12.6. The molecule has 0 aromatic carbocycles. The number of nitrogens with two attached hydrogens (primary N) is 3. The van der Waals surface area contributed by atoms with Gasteiger partial charge in [-0.15, -0.1) is 0 Å². The molecule has 0 saturated carbocycles. The second-order valence-corrected chi connectivity index (χ2v) is 7.75. The molecule has 0 aromatic heterocycles. The van der Waals surface area contributed by atoms with E-state index < -0.39 is 53.8 Å². The molecule has 0 heterocycles. The number of aliphatic carboxylic acids is 1. The topological polar surface area (TPSA) is 232 Å². The average molecular weight is 474 g/mol. The Morgan fingerprint density at radius 3 is 1.55 bits per heavy atom. The van der Waals surface area contributed by atoms with Crippen molar-refractivity contribution in [2.45, 2.75) is 76.5 Å².